The van der Waals surface area contributed by atoms with Gasteiger partial charge < -0.3 is 9.64 Å². The molecule has 0 N–H and O–H groups in total. The Hall–Kier alpha value is -3.22. The van der Waals surface area contributed by atoms with Gasteiger partial charge in [0.25, 0.3) is 0 Å². The van der Waals surface area contributed by atoms with E-state index in [0.29, 0.717) is 12.1 Å². The molecule has 38 heavy (non-hydrogen) atoms. The van der Waals surface area contributed by atoms with Crippen molar-refractivity contribution in [2.24, 2.45) is 0 Å². The maximum Gasteiger partial charge on any atom is 0.305 e. The van der Waals surface area contributed by atoms with Gasteiger partial charge in [-0.3, -0.25) is 4.79 Å². The van der Waals surface area contributed by atoms with Gasteiger partial charge in [-0.15, -0.1) is 11.3 Å². The number of hydrogen-bond donors (Lipinski definition) is 0. The molecule has 0 amide bonds. The number of aromatic nitrogens is 4. The molecule has 0 saturated carbocycles. The summed E-state index contributed by atoms with van der Waals surface area (Å²) in [7, 11) is 2.31. The van der Waals surface area contributed by atoms with Crippen LogP contribution in [0.2, 0.25) is 0 Å². The molecule has 0 spiro atoms. The van der Waals surface area contributed by atoms with E-state index in [0.717, 1.165) is 59.5 Å². The second kappa shape index (κ2) is 11.3. The lowest BCUT2D eigenvalue weighted by molar-refractivity contribution is -0.140. The van der Waals surface area contributed by atoms with Crippen LogP contribution in [0.3, 0.4) is 0 Å². The van der Waals surface area contributed by atoms with E-state index in [1.165, 1.54) is 30.6 Å². The molecule has 200 valence electrons. The Morgan fingerprint density at radius 1 is 1.18 bits per heavy atom. The van der Waals surface area contributed by atoms with Crippen LogP contribution in [-0.2, 0) is 26.9 Å². The molecule has 3 aromatic heterocycles. The van der Waals surface area contributed by atoms with Crippen LogP contribution in [0.15, 0.2) is 41.8 Å². The molecule has 4 heterocycles. The van der Waals surface area contributed by atoms with E-state index in [1.54, 1.807) is 18.4 Å². The Morgan fingerprint density at radius 2 is 1.92 bits per heavy atom. The molecule has 12 heteroatoms. The normalized spacial score (nSPS) is 15.6. The zero-order valence-corrected chi connectivity index (χ0v) is 23.1. The number of carbonyl (C=O) groups is 1. The van der Waals surface area contributed by atoms with Crippen molar-refractivity contribution in [3.05, 3.63) is 59.0 Å². The molecular weight excluding hydrogens is 527 g/mol. The first kappa shape index (κ1) is 26.4. The van der Waals surface area contributed by atoms with Crippen LogP contribution in [0.25, 0.3) is 16.9 Å². The number of nitrogens with zero attached hydrogens (tertiary/aromatic N) is 6. The summed E-state index contributed by atoms with van der Waals surface area (Å²) in [5.74, 6) is 0.385. The summed E-state index contributed by atoms with van der Waals surface area (Å²) >= 11 is 1.46. The van der Waals surface area contributed by atoms with Gasteiger partial charge in [0.15, 0.2) is 16.6 Å². The second-order valence-corrected chi connectivity index (χ2v) is 11.4. The number of rotatable bonds is 8. The number of halogens is 1. The quantitative estimate of drug-likeness (QED) is 0.298. The molecule has 4 aromatic rings. The van der Waals surface area contributed by atoms with Crippen molar-refractivity contribution in [2.45, 2.75) is 31.6 Å². The molecular formula is C26H29FN6O3S2. The minimum absolute atomic E-state index is 0.194. The minimum atomic E-state index is -0.965. The number of hydrogen-bond acceptors (Lipinski definition) is 8. The highest BCUT2D eigenvalue weighted by atomic mass is 32.2. The lowest BCUT2D eigenvalue weighted by atomic mass is 9.94. The van der Waals surface area contributed by atoms with E-state index in [-0.39, 0.29) is 24.1 Å². The maximum absolute atomic E-state index is 13.4. The number of anilines is 2. The Morgan fingerprint density at radius 3 is 2.61 bits per heavy atom. The molecule has 1 unspecified atom stereocenters. The topological polar surface area (TPSA) is 92.9 Å². The van der Waals surface area contributed by atoms with Gasteiger partial charge in [0.2, 0.25) is 0 Å². The first-order chi connectivity index (χ1) is 18.3. The van der Waals surface area contributed by atoms with Crippen LogP contribution in [0, 0.1) is 5.82 Å². The standard InChI is InChI=1S/C26H29FN6O3S2/c1-31(26-29-22(16-37-26)17-4-6-19(27)7-5-17)25-21(9-11-24(34)36-2)28-23-10-8-20(30-33(23)25)18-12-14-32(15-13-18)38(3)35/h4-8,10,16,18H,9,11-15H2,1-3H3. The molecule has 1 saturated heterocycles. The largest absolute Gasteiger partial charge is 0.469 e. The number of esters is 1. The summed E-state index contributed by atoms with van der Waals surface area (Å²) in [6, 6.07) is 10.2. The third-order valence-electron chi connectivity index (χ3n) is 6.81. The number of piperidine rings is 1. The van der Waals surface area contributed by atoms with Gasteiger partial charge in [0.1, 0.15) is 5.82 Å². The fourth-order valence-corrected chi connectivity index (χ4v) is 6.22. The summed E-state index contributed by atoms with van der Waals surface area (Å²) in [6.07, 6.45) is 4.05. The van der Waals surface area contributed by atoms with Gasteiger partial charge in [-0.05, 0) is 49.2 Å². The number of ether oxygens (including phenoxy) is 1. The third-order valence-corrected chi connectivity index (χ3v) is 8.82. The van der Waals surface area contributed by atoms with E-state index in [2.05, 4.69) is 0 Å². The number of benzene rings is 1. The monoisotopic (exact) mass is 556 g/mol. The fraction of sp³-hybridized carbons (Fsp3) is 0.385. The first-order valence-electron chi connectivity index (χ1n) is 12.3. The number of thiazole rings is 1. The molecule has 1 fully saturated rings. The number of aryl methyl sites for hydroxylation is 1. The Kier molecular flexibility index (Phi) is 7.82. The average molecular weight is 557 g/mol. The Balaban J connectivity index is 1.50. The van der Waals surface area contributed by atoms with Crippen LogP contribution in [0.4, 0.5) is 15.3 Å². The second-order valence-electron chi connectivity index (χ2n) is 9.19. The van der Waals surface area contributed by atoms with Crippen molar-refractivity contribution < 1.29 is 18.1 Å². The van der Waals surface area contributed by atoms with E-state index in [1.807, 2.05) is 38.3 Å². The van der Waals surface area contributed by atoms with E-state index in [9.17, 15) is 13.4 Å². The van der Waals surface area contributed by atoms with Crippen LogP contribution in [0.5, 0.6) is 0 Å². The zero-order valence-electron chi connectivity index (χ0n) is 21.5. The number of imidazole rings is 1. The Bertz CT molecular complexity index is 1460. The van der Waals surface area contributed by atoms with Gasteiger partial charge >= 0.3 is 5.97 Å². The van der Waals surface area contributed by atoms with Crippen LogP contribution in [0.1, 0.15) is 36.6 Å². The van der Waals surface area contributed by atoms with Crippen molar-refractivity contribution in [1.82, 2.24) is 23.9 Å². The molecule has 0 bridgehead atoms. The summed E-state index contributed by atoms with van der Waals surface area (Å²) < 4.78 is 33.9. The van der Waals surface area contributed by atoms with Gasteiger partial charge in [0, 0.05) is 49.7 Å². The van der Waals surface area contributed by atoms with Crippen LogP contribution >= 0.6 is 11.3 Å². The molecule has 1 aliphatic heterocycles. The number of fused-ring (bicyclic) bond motifs is 1. The molecule has 0 aliphatic carbocycles. The predicted octanol–water partition coefficient (Wildman–Crippen LogP) is 4.34. The summed E-state index contributed by atoms with van der Waals surface area (Å²) in [6.45, 7) is 1.53. The van der Waals surface area contributed by atoms with Crippen molar-refractivity contribution in [2.75, 3.05) is 38.4 Å². The van der Waals surface area contributed by atoms with Crippen molar-refractivity contribution in [3.8, 4) is 11.3 Å². The first-order valence-corrected chi connectivity index (χ1v) is 14.7. The SMILES string of the molecule is COC(=O)CCc1nc2ccc(C3CCN(S(C)=O)CC3)nn2c1N(C)c1nc(-c2ccc(F)cc2)cs1. The van der Waals surface area contributed by atoms with Gasteiger partial charge in [0.05, 0.1) is 41.6 Å². The molecule has 0 radical (unpaired) electrons. The van der Waals surface area contributed by atoms with Crippen molar-refractivity contribution >= 4 is 44.9 Å². The highest BCUT2D eigenvalue weighted by molar-refractivity contribution is 7.81. The molecule has 1 aromatic carbocycles. The lowest BCUT2D eigenvalue weighted by Crippen LogP contribution is -2.34. The van der Waals surface area contributed by atoms with Crippen molar-refractivity contribution in [1.29, 1.82) is 0 Å². The molecule has 1 aliphatic rings. The highest BCUT2D eigenvalue weighted by Crippen LogP contribution is 2.34. The fourth-order valence-electron chi connectivity index (χ4n) is 4.70. The smallest absolute Gasteiger partial charge is 0.305 e. The number of carbonyl (C=O) groups excluding carboxylic acids is 1. The van der Waals surface area contributed by atoms with E-state index in [4.69, 9.17) is 19.8 Å². The maximum atomic E-state index is 13.4. The van der Waals surface area contributed by atoms with Gasteiger partial charge in [-0.2, -0.15) is 9.61 Å². The summed E-state index contributed by atoms with van der Waals surface area (Å²) in [4.78, 5) is 23.4. The van der Waals surface area contributed by atoms with Crippen molar-refractivity contribution in [3.63, 3.8) is 0 Å². The van der Waals surface area contributed by atoms with Gasteiger partial charge in [-0.1, -0.05) is 0 Å². The highest BCUT2D eigenvalue weighted by Gasteiger charge is 2.26. The van der Waals surface area contributed by atoms with E-state index >= 15 is 0 Å². The van der Waals surface area contributed by atoms with E-state index < -0.39 is 11.0 Å². The molecule has 9 nitrogen and oxygen atoms in total. The Labute approximate surface area is 226 Å². The van der Waals surface area contributed by atoms with Gasteiger partial charge in [-0.25, -0.2) is 22.9 Å². The third kappa shape index (κ3) is 5.47. The van der Waals surface area contributed by atoms with Crippen LogP contribution in [-0.4, -0.2) is 67.6 Å². The predicted molar refractivity (Wildman–Crippen MR) is 147 cm³/mol. The van der Waals surface area contributed by atoms with Crippen LogP contribution < -0.4 is 4.90 Å². The molecule has 5 rings (SSSR count). The molecule has 1 atom stereocenters. The summed E-state index contributed by atoms with van der Waals surface area (Å²) in [5.41, 5.74) is 3.92. The summed E-state index contributed by atoms with van der Waals surface area (Å²) in [5, 5.41) is 7.65. The zero-order chi connectivity index (χ0) is 26.8. The number of methoxy groups -OCH3 is 1. The average Bonchev–Trinajstić information content (AvgIpc) is 3.56. The lowest BCUT2D eigenvalue weighted by Gasteiger charge is -2.29. The minimum Gasteiger partial charge on any atom is -0.469 e.